The second-order valence-corrected chi connectivity index (χ2v) is 10.5. The monoisotopic (exact) mass is 577 g/mol. The number of benzene rings is 3. The zero-order valence-corrected chi connectivity index (χ0v) is 23.2. The van der Waals surface area contributed by atoms with Crippen LogP contribution in [0, 0.1) is 28.5 Å². The van der Waals surface area contributed by atoms with Gasteiger partial charge in [0.2, 0.25) is 0 Å². The third-order valence-corrected chi connectivity index (χ3v) is 7.49. The summed E-state index contributed by atoms with van der Waals surface area (Å²) in [6.07, 6.45) is 6.04. The third-order valence-electron chi connectivity index (χ3n) is 7.20. The van der Waals surface area contributed by atoms with Gasteiger partial charge in [0.05, 0.1) is 53.5 Å². The van der Waals surface area contributed by atoms with Crippen LogP contribution in [-0.2, 0) is 0 Å². The fourth-order valence-corrected chi connectivity index (χ4v) is 5.18. The van der Waals surface area contributed by atoms with Crippen LogP contribution in [0.5, 0.6) is 0 Å². The lowest BCUT2D eigenvalue weighted by Crippen LogP contribution is -2.14. The average Bonchev–Trinajstić information content (AvgIpc) is 3.75. The highest BCUT2D eigenvalue weighted by molar-refractivity contribution is 6.35. The number of nitrogens with zero attached hydrogens (tertiary/aromatic N) is 6. The van der Waals surface area contributed by atoms with Crippen molar-refractivity contribution in [1.82, 2.24) is 20.0 Å². The van der Waals surface area contributed by atoms with Crippen LogP contribution in [0.4, 0.5) is 15.8 Å². The van der Waals surface area contributed by atoms with Gasteiger partial charge in [-0.25, -0.2) is 9.07 Å². The van der Waals surface area contributed by atoms with Gasteiger partial charge in [0, 0.05) is 23.7 Å². The zero-order valence-electron chi connectivity index (χ0n) is 23.4. The Morgan fingerprint density at radius 3 is 2.57 bits per heavy atom. The zero-order chi connectivity index (χ0) is 30.0. The van der Waals surface area contributed by atoms with Gasteiger partial charge < -0.3 is 10.6 Å². The number of fused-ring (bicyclic) bond motifs is 1. The summed E-state index contributed by atoms with van der Waals surface area (Å²) in [6, 6.07) is 21.6. The second-order valence-electron chi connectivity index (χ2n) is 10.1. The van der Waals surface area contributed by atoms with Crippen LogP contribution < -0.4 is 10.6 Å². The Balaban J connectivity index is 1.45. The number of hydrogen-bond acceptors (Lipinski definition) is 7. The number of nitrogens with one attached hydrogen (secondary N) is 2. The number of aromatic nitrogens is 4. The van der Waals surface area contributed by atoms with Crippen molar-refractivity contribution < 1.29 is 5.76 Å². The Morgan fingerprint density at radius 2 is 1.86 bits per heavy atom. The molecule has 1 aliphatic carbocycles. The minimum atomic E-state index is -1.65. The summed E-state index contributed by atoms with van der Waals surface area (Å²) in [5.41, 5.74) is 3.51. The molecule has 5 aromatic rings. The minimum absolute atomic E-state index is 0.261. The molecule has 0 bridgehead atoms. The maximum Gasteiger partial charge on any atom is 0.123 e. The van der Waals surface area contributed by atoms with Gasteiger partial charge in [-0.15, -0.1) is 5.10 Å². The number of pyridine rings is 1. The van der Waals surface area contributed by atoms with Crippen molar-refractivity contribution in [2.24, 2.45) is 0 Å². The van der Waals surface area contributed by atoms with Gasteiger partial charge in [-0.3, -0.25) is 4.98 Å². The molecule has 208 valence electrons. The molecule has 6 rings (SSSR count). The van der Waals surface area contributed by atoms with E-state index in [1.165, 1.54) is 30.5 Å². The molecule has 2 heterocycles. The molecule has 0 saturated heterocycles. The van der Waals surface area contributed by atoms with Crippen molar-refractivity contribution in [2.45, 2.75) is 43.8 Å². The topological polar surface area (TPSA) is 115 Å². The molecule has 0 aliphatic heterocycles. The van der Waals surface area contributed by atoms with Gasteiger partial charge >= 0.3 is 0 Å². The molecule has 3 aromatic carbocycles. The molecule has 42 heavy (non-hydrogen) atoms. The molecule has 1 saturated carbocycles. The second kappa shape index (κ2) is 11.9. The van der Waals surface area contributed by atoms with Crippen LogP contribution in [-0.4, -0.2) is 20.0 Å². The van der Waals surface area contributed by atoms with Gasteiger partial charge in [-0.1, -0.05) is 59.3 Å². The first-order valence-electron chi connectivity index (χ1n) is 14.1. The van der Waals surface area contributed by atoms with E-state index in [9.17, 15) is 16.3 Å². The smallest absolute Gasteiger partial charge is 0.123 e. The largest absolute Gasteiger partial charge is 0.377 e. The molecule has 1 unspecified atom stereocenters. The fraction of sp³-hybridized carbons (Fsp3) is 0.219. The van der Waals surface area contributed by atoms with E-state index in [1.54, 1.807) is 23.0 Å². The van der Waals surface area contributed by atoms with Crippen molar-refractivity contribution in [2.75, 3.05) is 10.6 Å². The quantitative estimate of drug-likeness (QED) is 0.177. The van der Waals surface area contributed by atoms with E-state index in [2.05, 4.69) is 38.1 Å². The van der Waals surface area contributed by atoms with Crippen LogP contribution in [0.2, 0.25) is 5.02 Å². The van der Waals surface area contributed by atoms with E-state index in [4.69, 9.17) is 11.6 Å². The van der Waals surface area contributed by atoms with Gasteiger partial charge in [0.15, 0.2) is 0 Å². The fourth-order valence-electron chi connectivity index (χ4n) is 4.92. The molecule has 1 aliphatic rings. The van der Waals surface area contributed by atoms with Gasteiger partial charge in [-0.05, 0) is 54.7 Å². The summed E-state index contributed by atoms with van der Waals surface area (Å²) in [5.74, 6) is -0.420. The molecule has 10 heteroatoms. The number of anilines is 2. The number of hydrogen-bond donors (Lipinski definition) is 2. The molecule has 8 nitrogen and oxygen atoms in total. The van der Waals surface area contributed by atoms with Gasteiger partial charge in [0.1, 0.15) is 17.6 Å². The molecule has 2 aromatic heterocycles. The Labute approximate surface area is 248 Å². The van der Waals surface area contributed by atoms with E-state index in [0.29, 0.717) is 57.0 Å². The van der Waals surface area contributed by atoms with Crippen molar-refractivity contribution in [1.29, 1.82) is 10.5 Å². The number of halogens is 2. The van der Waals surface area contributed by atoms with Crippen LogP contribution >= 0.6 is 11.6 Å². The van der Waals surface area contributed by atoms with Gasteiger partial charge in [-0.2, -0.15) is 10.5 Å². The van der Waals surface area contributed by atoms with Crippen molar-refractivity contribution in [3.05, 3.63) is 112 Å². The number of rotatable bonds is 10. The highest BCUT2D eigenvalue weighted by atomic mass is 35.5. The molecular weight excluding hydrogens is 551 g/mol. The first-order chi connectivity index (χ1) is 20.9. The molecule has 0 radical (unpaired) electrons. The first-order valence-corrected chi connectivity index (χ1v) is 13.9. The van der Waals surface area contributed by atoms with Crippen LogP contribution in [0.25, 0.3) is 10.9 Å². The first kappa shape index (κ1) is 25.9. The molecule has 0 spiro atoms. The van der Waals surface area contributed by atoms with E-state index in [-0.39, 0.29) is 12.1 Å². The molecule has 2 N–H and O–H groups in total. The summed E-state index contributed by atoms with van der Waals surface area (Å²) in [6.45, 7) is 0. The summed E-state index contributed by atoms with van der Waals surface area (Å²) in [5, 5.41) is 35.5. The van der Waals surface area contributed by atoms with Crippen LogP contribution in [0.1, 0.15) is 67.5 Å². The highest BCUT2D eigenvalue weighted by Gasteiger charge is 2.27. The summed E-state index contributed by atoms with van der Waals surface area (Å²) >= 11 is 6.76. The Hall–Kier alpha value is -4.99. The highest BCUT2D eigenvalue weighted by Crippen LogP contribution is 2.38. The lowest BCUT2D eigenvalue weighted by molar-refractivity contribution is 0.610. The van der Waals surface area contributed by atoms with Gasteiger partial charge in [0.25, 0.3) is 0 Å². The van der Waals surface area contributed by atoms with Crippen molar-refractivity contribution >= 4 is 33.9 Å². The van der Waals surface area contributed by atoms with Crippen LogP contribution in [0.3, 0.4) is 0 Å². The standard InChI is InChI=1S/C32H26ClFN8/c33-27-16-24(38-31(21-8-10-23(34)11-9-21)29-19-42(41-40-29)25-12-13-25)15-26-30(22(17-36)18-37-32(26)27)39-28(7-4-14-35)20-5-2-1-3-6-20/h1-3,5-6,8-11,15-16,18-19,25,28,31,38H,4,7,12-13H2,(H,37,39)/t28-,31?/m1/s1/i31D. The normalized spacial score (nSPS) is 15.2. The molecular formula is C32H26ClFN8. The van der Waals surface area contributed by atoms with E-state index in [0.717, 1.165) is 18.4 Å². The van der Waals surface area contributed by atoms with Crippen molar-refractivity contribution in [3.63, 3.8) is 0 Å². The third kappa shape index (κ3) is 5.74. The maximum atomic E-state index is 13.9. The molecule has 2 atom stereocenters. The Morgan fingerprint density at radius 1 is 1.07 bits per heavy atom. The molecule has 1 fully saturated rings. The summed E-state index contributed by atoms with van der Waals surface area (Å²) in [7, 11) is 0. The lowest BCUT2D eigenvalue weighted by atomic mass is 10.00. The van der Waals surface area contributed by atoms with E-state index >= 15 is 0 Å². The Bertz CT molecular complexity index is 1860. The molecule has 0 amide bonds. The average molecular weight is 578 g/mol. The van der Waals surface area contributed by atoms with E-state index in [1.807, 2.05) is 30.3 Å². The summed E-state index contributed by atoms with van der Waals surface area (Å²) < 4.78 is 25.2. The van der Waals surface area contributed by atoms with Crippen molar-refractivity contribution in [3.8, 4) is 12.1 Å². The number of nitriles is 2. The summed E-state index contributed by atoms with van der Waals surface area (Å²) in [4.78, 5) is 4.46. The minimum Gasteiger partial charge on any atom is -0.377 e. The predicted octanol–water partition coefficient (Wildman–Crippen LogP) is 7.48. The predicted molar refractivity (Wildman–Crippen MR) is 159 cm³/mol. The SMILES string of the molecule is [2H]C(Nc1cc(Cl)c2ncc(C#N)c(N[C@H](CCC#N)c3ccccc3)c2c1)(c1ccc(F)cc1)c1cn(C2CC2)nn1. The van der Waals surface area contributed by atoms with E-state index < -0.39 is 11.8 Å². The lowest BCUT2D eigenvalue weighted by Gasteiger charge is -2.23. The van der Waals surface area contributed by atoms with Crippen LogP contribution in [0.15, 0.2) is 79.1 Å². The Kier molecular flexibility index (Phi) is 7.32. The maximum absolute atomic E-state index is 13.9.